The van der Waals surface area contributed by atoms with Gasteiger partial charge in [0.05, 0.1) is 35.1 Å². The summed E-state index contributed by atoms with van der Waals surface area (Å²) in [5.41, 5.74) is 2.96. The van der Waals surface area contributed by atoms with E-state index in [9.17, 15) is 4.79 Å². The molecule has 8 nitrogen and oxygen atoms in total. The topological polar surface area (TPSA) is 91.8 Å². The zero-order valence-corrected chi connectivity index (χ0v) is 20.1. The number of nitrogens with zero attached hydrogens (tertiary/aromatic N) is 4. The van der Waals surface area contributed by atoms with Crippen molar-refractivity contribution in [1.82, 2.24) is 19.6 Å². The number of hydrogen-bond donors (Lipinski definition) is 0. The van der Waals surface area contributed by atoms with Crippen molar-refractivity contribution in [3.8, 4) is 28.8 Å². The molecule has 0 bridgehead atoms. The SMILES string of the molecule is COc1ccc(Cl)cc1-c1nc2c3c(ncn2n1)Oc1c(c(=O)oc2ccccc12)C3c1ccccc1. The molecular formula is C28H17ClN4O4. The Labute approximate surface area is 214 Å². The number of methoxy groups -OCH3 is 1. The maximum absolute atomic E-state index is 13.4. The third kappa shape index (κ3) is 3.30. The van der Waals surface area contributed by atoms with E-state index in [1.54, 1.807) is 42.2 Å². The average molecular weight is 509 g/mol. The van der Waals surface area contributed by atoms with Gasteiger partial charge >= 0.3 is 5.63 Å². The molecular weight excluding hydrogens is 492 g/mol. The standard InChI is InChI=1S/C28H17ClN4O4/c1-35-19-12-11-16(29)13-18(19)25-31-26-23-21(15-7-3-2-4-8-15)22-24(37-27(23)30-14-33(26)32-25)17-9-5-6-10-20(17)36-28(22)34/h2-14,21H,1H3. The fourth-order valence-electron chi connectivity index (χ4n) is 4.88. The molecule has 0 saturated carbocycles. The molecule has 0 aliphatic carbocycles. The van der Waals surface area contributed by atoms with Crippen LogP contribution in [0.5, 0.6) is 17.4 Å². The number of para-hydroxylation sites is 1. The molecule has 1 unspecified atom stereocenters. The first-order valence-electron chi connectivity index (χ1n) is 11.5. The summed E-state index contributed by atoms with van der Waals surface area (Å²) in [6, 6.07) is 22.2. The van der Waals surface area contributed by atoms with Gasteiger partial charge in [-0.05, 0) is 35.9 Å². The molecule has 0 saturated heterocycles. The highest BCUT2D eigenvalue weighted by atomic mass is 35.5. The molecule has 0 spiro atoms. The molecule has 3 aromatic heterocycles. The quantitative estimate of drug-likeness (QED) is 0.277. The van der Waals surface area contributed by atoms with Gasteiger partial charge in [-0.2, -0.15) is 0 Å². The summed E-state index contributed by atoms with van der Waals surface area (Å²) in [5, 5.41) is 5.86. The van der Waals surface area contributed by atoms with E-state index >= 15 is 0 Å². The average Bonchev–Trinajstić information content (AvgIpc) is 3.37. The number of benzene rings is 3. The Balaban J connectivity index is 1.54. The molecule has 4 heterocycles. The first-order valence-corrected chi connectivity index (χ1v) is 11.9. The summed E-state index contributed by atoms with van der Waals surface area (Å²) < 4.78 is 19.1. The normalized spacial score (nSPS) is 14.3. The second-order valence-electron chi connectivity index (χ2n) is 8.59. The van der Waals surface area contributed by atoms with Crippen molar-refractivity contribution in [1.29, 1.82) is 0 Å². The molecule has 180 valence electrons. The first-order chi connectivity index (χ1) is 18.1. The number of rotatable bonds is 3. The summed E-state index contributed by atoms with van der Waals surface area (Å²) in [6.45, 7) is 0. The van der Waals surface area contributed by atoms with Crippen LogP contribution in [-0.2, 0) is 0 Å². The Morgan fingerprint density at radius 1 is 1.00 bits per heavy atom. The van der Waals surface area contributed by atoms with Crippen LogP contribution in [0.1, 0.15) is 22.6 Å². The van der Waals surface area contributed by atoms with Crippen LogP contribution in [0.2, 0.25) is 5.02 Å². The van der Waals surface area contributed by atoms with Gasteiger partial charge < -0.3 is 13.9 Å². The van der Waals surface area contributed by atoms with E-state index in [4.69, 9.17) is 30.5 Å². The van der Waals surface area contributed by atoms with Crippen LogP contribution in [0, 0.1) is 0 Å². The summed E-state index contributed by atoms with van der Waals surface area (Å²) in [7, 11) is 1.58. The number of fused-ring (bicyclic) bond motifs is 6. The molecule has 0 fully saturated rings. The van der Waals surface area contributed by atoms with Gasteiger partial charge in [-0.1, -0.05) is 54.1 Å². The van der Waals surface area contributed by atoms with Gasteiger partial charge in [0, 0.05) is 5.02 Å². The number of ether oxygens (including phenoxy) is 2. The van der Waals surface area contributed by atoms with Crippen LogP contribution < -0.4 is 15.1 Å². The fourth-order valence-corrected chi connectivity index (χ4v) is 5.05. The smallest absolute Gasteiger partial charge is 0.344 e. The lowest BCUT2D eigenvalue weighted by Gasteiger charge is -2.27. The van der Waals surface area contributed by atoms with E-state index < -0.39 is 11.5 Å². The van der Waals surface area contributed by atoms with Crippen LogP contribution in [-0.4, -0.2) is 26.7 Å². The van der Waals surface area contributed by atoms with E-state index in [0.29, 0.717) is 61.5 Å². The van der Waals surface area contributed by atoms with Crippen LogP contribution in [0.15, 0.2) is 88.3 Å². The molecule has 1 aliphatic heterocycles. The molecule has 0 amide bonds. The lowest BCUT2D eigenvalue weighted by molar-refractivity contribution is 0.416. The van der Waals surface area contributed by atoms with Crippen molar-refractivity contribution >= 4 is 28.2 Å². The first kappa shape index (κ1) is 21.6. The molecule has 37 heavy (non-hydrogen) atoms. The Morgan fingerprint density at radius 3 is 2.65 bits per heavy atom. The van der Waals surface area contributed by atoms with Crippen LogP contribution >= 0.6 is 11.6 Å². The minimum Gasteiger partial charge on any atom is -0.496 e. The van der Waals surface area contributed by atoms with E-state index in [-0.39, 0.29) is 0 Å². The van der Waals surface area contributed by atoms with Gasteiger partial charge in [-0.3, -0.25) is 0 Å². The van der Waals surface area contributed by atoms with Crippen molar-refractivity contribution in [2.45, 2.75) is 5.92 Å². The Kier molecular flexibility index (Phi) is 4.77. The van der Waals surface area contributed by atoms with Crippen LogP contribution in [0.3, 0.4) is 0 Å². The third-order valence-corrected chi connectivity index (χ3v) is 6.73. The van der Waals surface area contributed by atoms with Crippen molar-refractivity contribution in [2.24, 2.45) is 0 Å². The Hall–Kier alpha value is -4.69. The molecule has 3 aromatic carbocycles. The lowest BCUT2D eigenvalue weighted by Crippen LogP contribution is -2.22. The van der Waals surface area contributed by atoms with E-state index in [0.717, 1.165) is 5.56 Å². The second-order valence-corrected chi connectivity index (χ2v) is 9.02. The summed E-state index contributed by atoms with van der Waals surface area (Å²) >= 11 is 6.27. The molecule has 7 rings (SSSR count). The van der Waals surface area contributed by atoms with Crippen molar-refractivity contribution < 1.29 is 13.9 Å². The third-order valence-electron chi connectivity index (χ3n) is 6.50. The van der Waals surface area contributed by atoms with Crippen molar-refractivity contribution in [3.63, 3.8) is 0 Å². The van der Waals surface area contributed by atoms with Gasteiger partial charge in [-0.25, -0.2) is 19.3 Å². The Morgan fingerprint density at radius 2 is 1.81 bits per heavy atom. The predicted molar refractivity (Wildman–Crippen MR) is 138 cm³/mol. The monoisotopic (exact) mass is 508 g/mol. The number of halogens is 1. The van der Waals surface area contributed by atoms with E-state index in [2.05, 4.69) is 10.1 Å². The largest absolute Gasteiger partial charge is 0.496 e. The molecule has 0 N–H and O–H groups in total. The van der Waals surface area contributed by atoms with Gasteiger partial charge in [0.15, 0.2) is 17.2 Å². The molecule has 0 radical (unpaired) electrons. The highest BCUT2D eigenvalue weighted by molar-refractivity contribution is 6.30. The predicted octanol–water partition coefficient (Wildman–Crippen LogP) is 5.85. The van der Waals surface area contributed by atoms with Crippen LogP contribution in [0.25, 0.3) is 28.0 Å². The highest BCUT2D eigenvalue weighted by Crippen LogP contribution is 2.48. The maximum Gasteiger partial charge on any atom is 0.344 e. The molecule has 9 heteroatoms. The lowest BCUT2D eigenvalue weighted by atomic mass is 9.84. The van der Waals surface area contributed by atoms with Gasteiger partial charge in [-0.15, -0.1) is 5.10 Å². The van der Waals surface area contributed by atoms with Gasteiger partial charge in [0.25, 0.3) is 0 Å². The second kappa shape index (κ2) is 8.18. The minimum atomic E-state index is -0.546. The number of aromatic nitrogens is 4. The fraction of sp³-hybridized carbons (Fsp3) is 0.0714. The highest BCUT2D eigenvalue weighted by Gasteiger charge is 2.37. The Bertz CT molecular complexity index is 1900. The number of hydrogen-bond acceptors (Lipinski definition) is 7. The van der Waals surface area contributed by atoms with E-state index in [1.165, 1.54) is 0 Å². The molecule has 6 aromatic rings. The zero-order chi connectivity index (χ0) is 25.1. The van der Waals surface area contributed by atoms with Gasteiger partial charge in [0.1, 0.15) is 17.7 Å². The van der Waals surface area contributed by atoms with Gasteiger partial charge in [0.2, 0.25) is 5.88 Å². The maximum atomic E-state index is 13.4. The minimum absolute atomic E-state index is 0.349. The summed E-state index contributed by atoms with van der Waals surface area (Å²) in [6.07, 6.45) is 1.54. The van der Waals surface area contributed by atoms with Crippen molar-refractivity contribution in [3.05, 3.63) is 111 Å². The summed E-state index contributed by atoms with van der Waals surface area (Å²) in [5.74, 6) is 1.21. The van der Waals surface area contributed by atoms with E-state index in [1.807, 2.05) is 48.5 Å². The van der Waals surface area contributed by atoms with Crippen molar-refractivity contribution in [2.75, 3.05) is 7.11 Å². The molecule has 1 atom stereocenters. The molecule has 1 aliphatic rings. The zero-order valence-electron chi connectivity index (χ0n) is 19.4. The summed E-state index contributed by atoms with van der Waals surface area (Å²) in [4.78, 5) is 22.8. The van der Waals surface area contributed by atoms with Crippen LogP contribution in [0.4, 0.5) is 0 Å².